The molecule has 1 N–H and O–H groups in total. The molecule has 4 unspecified atom stereocenters. The summed E-state index contributed by atoms with van der Waals surface area (Å²) in [6.07, 6.45) is 3.66. The number of halogens is 2. The minimum atomic E-state index is -0.506. The van der Waals surface area contributed by atoms with Crippen LogP contribution in [0.4, 0.5) is 8.78 Å². The van der Waals surface area contributed by atoms with Crippen molar-refractivity contribution in [2.24, 2.45) is 11.8 Å². The van der Waals surface area contributed by atoms with Gasteiger partial charge in [0, 0.05) is 18.2 Å². The third kappa shape index (κ3) is 3.53. The zero-order valence-electron chi connectivity index (χ0n) is 11.9. The molecule has 3 heteroatoms. The summed E-state index contributed by atoms with van der Waals surface area (Å²) in [6.45, 7) is 6.52. The molecule has 0 radical (unpaired) electrons. The van der Waals surface area contributed by atoms with E-state index in [1.165, 1.54) is 25.0 Å². The Labute approximate surface area is 114 Å². The van der Waals surface area contributed by atoms with E-state index in [0.29, 0.717) is 23.4 Å². The summed E-state index contributed by atoms with van der Waals surface area (Å²) >= 11 is 0. The van der Waals surface area contributed by atoms with Gasteiger partial charge in [-0.2, -0.15) is 0 Å². The van der Waals surface area contributed by atoms with E-state index in [9.17, 15) is 8.78 Å². The SMILES string of the molecule is CC(NC1CCCC(C)C1C)c1cc(F)cc(F)c1. The second kappa shape index (κ2) is 6.00. The van der Waals surface area contributed by atoms with Crippen LogP contribution in [-0.4, -0.2) is 6.04 Å². The minimum absolute atomic E-state index is 0.0250. The molecule has 0 spiro atoms. The standard InChI is InChI=1S/C16H23F2N/c1-10-5-4-6-16(11(10)2)19-12(3)13-7-14(17)9-15(18)8-13/h7-12,16,19H,4-6H2,1-3H3. The molecule has 1 nitrogen and oxygen atoms in total. The van der Waals surface area contributed by atoms with Gasteiger partial charge in [-0.25, -0.2) is 8.78 Å². The monoisotopic (exact) mass is 267 g/mol. The summed E-state index contributed by atoms with van der Waals surface area (Å²) < 4.78 is 26.5. The normalized spacial score (nSPS) is 29.2. The highest BCUT2D eigenvalue weighted by atomic mass is 19.1. The molecule has 0 aliphatic heterocycles. The lowest BCUT2D eigenvalue weighted by Crippen LogP contribution is -2.41. The van der Waals surface area contributed by atoms with Crippen LogP contribution in [0.15, 0.2) is 18.2 Å². The molecule has 0 bridgehead atoms. The molecule has 0 saturated heterocycles. The first kappa shape index (κ1) is 14.4. The van der Waals surface area contributed by atoms with E-state index in [1.54, 1.807) is 0 Å². The highest BCUT2D eigenvalue weighted by Gasteiger charge is 2.28. The Hall–Kier alpha value is -0.960. The van der Waals surface area contributed by atoms with E-state index in [-0.39, 0.29) is 6.04 Å². The van der Waals surface area contributed by atoms with Crippen molar-refractivity contribution >= 4 is 0 Å². The summed E-state index contributed by atoms with van der Waals surface area (Å²) in [5, 5.41) is 3.54. The number of hydrogen-bond acceptors (Lipinski definition) is 1. The number of benzene rings is 1. The third-order valence-corrected chi connectivity index (χ3v) is 4.56. The molecule has 1 saturated carbocycles. The van der Waals surface area contributed by atoms with Crippen LogP contribution in [0.5, 0.6) is 0 Å². The molecule has 2 rings (SSSR count). The van der Waals surface area contributed by atoms with Gasteiger partial charge in [0.15, 0.2) is 0 Å². The zero-order valence-corrected chi connectivity index (χ0v) is 11.9. The Balaban J connectivity index is 2.05. The molecule has 1 aliphatic rings. The van der Waals surface area contributed by atoms with Gasteiger partial charge in [0.25, 0.3) is 0 Å². The van der Waals surface area contributed by atoms with Crippen molar-refractivity contribution in [3.05, 3.63) is 35.4 Å². The fourth-order valence-electron chi connectivity index (χ4n) is 3.06. The minimum Gasteiger partial charge on any atom is -0.307 e. The van der Waals surface area contributed by atoms with Gasteiger partial charge in [-0.05, 0) is 42.9 Å². The Bertz CT molecular complexity index is 413. The molecule has 1 aromatic carbocycles. The summed E-state index contributed by atoms with van der Waals surface area (Å²) in [5.74, 6) is 0.305. The van der Waals surface area contributed by atoms with E-state index < -0.39 is 11.6 Å². The fourth-order valence-corrected chi connectivity index (χ4v) is 3.06. The zero-order chi connectivity index (χ0) is 14.0. The van der Waals surface area contributed by atoms with Crippen LogP contribution in [0.2, 0.25) is 0 Å². The van der Waals surface area contributed by atoms with Crippen molar-refractivity contribution in [2.45, 2.75) is 52.1 Å². The maximum absolute atomic E-state index is 13.2. The van der Waals surface area contributed by atoms with E-state index in [1.807, 2.05) is 6.92 Å². The highest BCUT2D eigenvalue weighted by molar-refractivity contribution is 5.21. The molecular weight excluding hydrogens is 244 g/mol. The Morgan fingerprint density at radius 1 is 1.11 bits per heavy atom. The van der Waals surface area contributed by atoms with Crippen molar-refractivity contribution in [2.75, 3.05) is 0 Å². The molecule has 0 heterocycles. The van der Waals surface area contributed by atoms with Crippen molar-refractivity contribution in [1.29, 1.82) is 0 Å². The Morgan fingerprint density at radius 3 is 2.37 bits per heavy atom. The van der Waals surface area contributed by atoms with Crippen LogP contribution >= 0.6 is 0 Å². The molecule has 1 aromatic rings. The summed E-state index contributed by atoms with van der Waals surface area (Å²) in [5.41, 5.74) is 0.683. The maximum atomic E-state index is 13.2. The van der Waals surface area contributed by atoms with E-state index in [2.05, 4.69) is 19.2 Å². The topological polar surface area (TPSA) is 12.0 Å². The lowest BCUT2D eigenvalue weighted by molar-refractivity contribution is 0.196. The van der Waals surface area contributed by atoms with Crippen LogP contribution in [-0.2, 0) is 0 Å². The molecule has 0 amide bonds. The Kier molecular flexibility index (Phi) is 4.56. The first-order valence-corrected chi connectivity index (χ1v) is 7.19. The molecule has 106 valence electrons. The first-order chi connectivity index (χ1) is 8.97. The van der Waals surface area contributed by atoms with Crippen molar-refractivity contribution < 1.29 is 8.78 Å². The van der Waals surface area contributed by atoms with E-state index >= 15 is 0 Å². The van der Waals surface area contributed by atoms with Gasteiger partial charge in [-0.3, -0.25) is 0 Å². The van der Waals surface area contributed by atoms with Crippen molar-refractivity contribution in [3.8, 4) is 0 Å². The van der Waals surface area contributed by atoms with Crippen molar-refractivity contribution in [1.82, 2.24) is 5.32 Å². The molecule has 19 heavy (non-hydrogen) atoms. The lowest BCUT2D eigenvalue weighted by atomic mass is 9.77. The van der Waals surface area contributed by atoms with E-state index in [4.69, 9.17) is 0 Å². The maximum Gasteiger partial charge on any atom is 0.126 e. The van der Waals surface area contributed by atoms with E-state index in [0.717, 1.165) is 12.5 Å². The second-order valence-electron chi connectivity index (χ2n) is 5.96. The van der Waals surface area contributed by atoms with Gasteiger partial charge in [0.05, 0.1) is 0 Å². The van der Waals surface area contributed by atoms with Crippen LogP contribution in [0, 0.1) is 23.5 Å². The number of hydrogen-bond donors (Lipinski definition) is 1. The van der Waals surface area contributed by atoms with Gasteiger partial charge in [0.2, 0.25) is 0 Å². The smallest absolute Gasteiger partial charge is 0.126 e. The average molecular weight is 267 g/mol. The molecule has 0 aromatic heterocycles. The molecule has 1 aliphatic carbocycles. The fraction of sp³-hybridized carbons (Fsp3) is 0.625. The first-order valence-electron chi connectivity index (χ1n) is 7.19. The number of nitrogens with one attached hydrogen (secondary N) is 1. The quantitative estimate of drug-likeness (QED) is 0.853. The largest absolute Gasteiger partial charge is 0.307 e. The van der Waals surface area contributed by atoms with Crippen LogP contribution in [0.3, 0.4) is 0 Å². The summed E-state index contributed by atoms with van der Waals surface area (Å²) in [6, 6.07) is 4.16. The average Bonchev–Trinajstić information content (AvgIpc) is 2.33. The predicted molar refractivity (Wildman–Crippen MR) is 73.9 cm³/mol. The van der Waals surface area contributed by atoms with Gasteiger partial charge in [-0.15, -0.1) is 0 Å². The predicted octanol–water partition coefficient (Wildman–Crippen LogP) is 4.44. The van der Waals surface area contributed by atoms with Crippen LogP contribution in [0.1, 0.15) is 51.6 Å². The second-order valence-corrected chi connectivity index (χ2v) is 5.96. The molecular formula is C16H23F2N. The van der Waals surface area contributed by atoms with Gasteiger partial charge >= 0.3 is 0 Å². The summed E-state index contributed by atoms with van der Waals surface area (Å²) in [7, 11) is 0. The van der Waals surface area contributed by atoms with Gasteiger partial charge < -0.3 is 5.32 Å². The molecule has 1 fully saturated rings. The van der Waals surface area contributed by atoms with Crippen LogP contribution < -0.4 is 5.32 Å². The van der Waals surface area contributed by atoms with Gasteiger partial charge in [0.1, 0.15) is 11.6 Å². The highest BCUT2D eigenvalue weighted by Crippen LogP contribution is 2.31. The van der Waals surface area contributed by atoms with Gasteiger partial charge in [-0.1, -0.05) is 26.7 Å². The Morgan fingerprint density at radius 2 is 1.74 bits per heavy atom. The van der Waals surface area contributed by atoms with Crippen molar-refractivity contribution in [3.63, 3.8) is 0 Å². The number of rotatable bonds is 3. The summed E-state index contributed by atoms with van der Waals surface area (Å²) in [4.78, 5) is 0. The van der Waals surface area contributed by atoms with Crippen LogP contribution in [0.25, 0.3) is 0 Å². The molecule has 4 atom stereocenters. The lowest BCUT2D eigenvalue weighted by Gasteiger charge is -2.36. The third-order valence-electron chi connectivity index (χ3n) is 4.56.